The number of para-hydroxylation sites is 3. The van der Waals surface area contributed by atoms with Crippen LogP contribution in [-0.4, -0.2) is 19.1 Å². The number of fused-ring (bicyclic) bond motifs is 12. The highest BCUT2D eigenvalue weighted by molar-refractivity contribution is 6.16. The van der Waals surface area contributed by atoms with E-state index >= 15 is 0 Å². The quantitative estimate of drug-likeness (QED) is 0.167. The fraction of sp³-hybridized carbons (Fsp3) is 0. The van der Waals surface area contributed by atoms with Crippen LogP contribution in [0.25, 0.3) is 144 Å². The monoisotopic (exact) mass is 894 g/mol. The summed E-state index contributed by atoms with van der Waals surface area (Å²) in [5, 5.41) is 8.96. The number of hydrogen-bond donors (Lipinski definition) is 0. The lowest BCUT2D eigenvalue weighted by atomic mass is 10.0. The van der Waals surface area contributed by atoms with Crippen molar-refractivity contribution in [2.45, 2.75) is 0 Å². The third-order valence-corrected chi connectivity index (χ3v) is 14.1. The zero-order valence-corrected chi connectivity index (χ0v) is 37.5. The maximum Gasteiger partial charge on any atom is 0.235 e. The maximum absolute atomic E-state index is 6.43. The molecule has 0 atom stereocenters. The van der Waals surface area contributed by atoms with Crippen molar-refractivity contribution in [2.24, 2.45) is 0 Å². The molecule has 0 saturated heterocycles. The van der Waals surface area contributed by atoms with Crippen molar-refractivity contribution in [1.29, 1.82) is 0 Å². The van der Waals surface area contributed by atoms with Gasteiger partial charge in [0.15, 0.2) is 0 Å². The molecule has 0 bridgehead atoms. The Morgan fingerprint density at radius 3 is 1.34 bits per heavy atom. The van der Waals surface area contributed by atoms with E-state index in [9.17, 15) is 0 Å². The highest BCUT2D eigenvalue weighted by Gasteiger charge is 2.20. The van der Waals surface area contributed by atoms with Crippen LogP contribution in [0.5, 0.6) is 0 Å². The van der Waals surface area contributed by atoms with E-state index in [-0.39, 0.29) is 0 Å². The summed E-state index contributed by atoms with van der Waals surface area (Å²) >= 11 is 0. The average molecular weight is 895 g/mol. The number of aromatic nitrogens is 4. The van der Waals surface area contributed by atoms with Crippen LogP contribution >= 0.6 is 0 Å². The van der Waals surface area contributed by atoms with Crippen LogP contribution in [0.1, 0.15) is 0 Å². The van der Waals surface area contributed by atoms with E-state index in [4.69, 9.17) is 18.8 Å². The molecule has 0 fully saturated rings. The molecule has 0 radical (unpaired) electrons. The van der Waals surface area contributed by atoms with Crippen molar-refractivity contribution in [3.05, 3.63) is 231 Å². The zero-order chi connectivity index (χ0) is 45.9. The van der Waals surface area contributed by atoms with Gasteiger partial charge in [-0.3, -0.25) is 4.57 Å². The Morgan fingerprint density at radius 2 is 0.700 bits per heavy atom. The summed E-state index contributed by atoms with van der Waals surface area (Å²) in [5.74, 6) is 0.637. The van der Waals surface area contributed by atoms with Crippen molar-refractivity contribution in [3.63, 3.8) is 0 Å². The molecule has 0 N–H and O–H groups in total. The molecule has 15 aromatic rings. The van der Waals surface area contributed by atoms with Gasteiger partial charge in [0.05, 0.1) is 33.5 Å². The van der Waals surface area contributed by atoms with Crippen molar-refractivity contribution < 1.29 is 8.83 Å². The van der Waals surface area contributed by atoms with Gasteiger partial charge in [0.25, 0.3) is 0 Å². The lowest BCUT2D eigenvalue weighted by Gasteiger charge is -2.12. The van der Waals surface area contributed by atoms with Gasteiger partial charge < -0.3 is 13.4 Å². The second-order valence-corrected chi connectivity index (χ2v) is 18.1. The van der Waals surface area contributed by atoms with Crippen LogP contribution in [-0.2, 0) is 0 Å². The van der Waals surface area contributed by atoms with Gasteiger partial charge in [-0.2, -0.15) is 0 Å². The van der Waals surface area contributed by atoms with E-state index in [1.54, 1.807) is 0 Å². The number of nitrogens with zero attached hydrogens (tertiary/aromatic N) is 4. The summed E-state index contributed by atoms with van der Waals surface area (Å²) < 4.78 is 17.3. The van der Waals surface area contributed by atoms with Crippen LogP contribution in [0.3, 0.4) is 0 Å². The second-order valence-electron chi connectivity index (χ2n) is 18.1. The van der Waals surface area contributed by atoms with Gasteiger partial charge in [0.1, 0.15) is 22.3 Å². The highest BCUT2D eigenvalue weighted by Crippen LogP contribution is 2.41. The molecule has 5 aromatic heterocycles. The molecule has 6 nitrogen and oxygen atoms in total. The summed E-state index contributed by atoms with van der Waals surface area (Å²) in [7, 11) is 0. The van der Waals surface area contributed by atoms with E-state index < -0.39 is 0 Å². The standard InChI is InChI=1S/C64H38N4O2/c1-3-14-39(15-4-1)54-38-55(40-16-5-2-6-17-40)66-64(65-54)68-57-24-11-8-21-47(57)50-34-43(27-30-59(50)68)42-26-29-58-49(33-42)46-20-7-10-23-56(46)67(58)45-19-13-18-41(32-45)44-28-31-61-51(35-44)53-37-62-52(36-63(53)70-61)48-22-9-12-25-60(48)69-62/h1-38H. The van der Waals surface area contributed by atoms with E-state index in [0.29, 0.717) is 5.95 Å². The van der Waals surface area contributed by atoms with Crippen LogP contribution in [0.15, 0.2) is 239 Å². The molecule has 10 aromatic carbocycles. The lowest BCUT2D eigenvalue weighted by Crippen LogP contribution is -2.03. The second kappa shape index (κ2) is 15.0. The first-order valence-electron chi connectivity index (χ1n) is 23.6. The average Bonchev–Trinajstić information content (AvgIpc) is 4.17. The first kappa shape index (κ1) is 38.6. The summed E-state index contributed by atoms with van der Waals surface area (Å²) in [6.45, 7) is 0. The Hall–Kier alpha value is -9.52. The van der Waals surface area contributed by atoms with Crippen molar-refractivity contribution in [2.75, 3.05) is 0 Å². The molecule has 326 valence electrons. The Morgan fingerprint density at radius 1 is 0.257 bits per heavy atom. The molecule has 15 rings (SSSR count). The Kier molecular flexibility index (Phi) is 8.26. The molecule has 0 aliphatic carbocycles. The topological polar surface area (TPSA) is 61.9 Å². The van der Waals surface area contributed by atoms with Crippen LogP contribution in [0.2, 0.25) is 0 Å². The third-order valence-electron chi connectivity index (χ3n) is 14.1. The summed E-state index contributed by atoms with van der Waals surface area (Å²) in [6, 6.07) is 81.6. The molecule has 0 aliphatic rings. The molecule has 0 saturated carbocycles. The molecule has 5 heterocycles. The Labute approximate surface area is 400 Å². The van der Waals surface area contributed by atoms with Gasteiger partial charge in [-0.15, -0.1) is 0 Å². The molecular weight excluding hydrogens is 857 g/mol. The molecular formula is C64H38N4O2. The smallest absolute Gasteiger partial charge is 0.235 e. The predicted molar refractivity (Wildman–Crippen MR) is 287 cm³/mol. The van der Waals surface area contributed by atoms with Gasteiger partial charge in [0, 0.05) is 59.9 Å². The molecule has 6 heteroatoms. The van der Waals surface area contributed by atoms with Gasteiger partial charge in [-0.05, 0) is 107 Å². The van der Waals surface area contributed by atoms with Gasteiger partial charge >= 0.3 is 0 Å². The normalized spacial score (nSPS) is 12.0. The Balaban J connectivity index is 0.836. The fourth-order valence-corrected chi connectivity index (χ4v) is 10.8. The van der Waals surface area contributed by atoms with Crippen LogP contribution in [0.4, 0.5) is 0 Å². The van der Waals surface area contributed by atoms with E-state index in [2.05, 4.69) is 209 Å². The number of hydrogen-bond acceptors (Lipinski definition) is 4. The first-order valence-corrected chi connectivity index (χ1v) is 23.6. The molecule has 0 aliphatic heterocycles. The van der Waals surface area contributed by atoms with Crippen molar-refractivity contribution in [1.82, 2.24) is 19.1 Å². The van der Waals surface area contributed by atoms with Crippen molar-refractivity contribution >= 4 is 87.5 Å². The Bertz CT molecular complexity index is 4540. The maximum atomic E-state index is 6.43. The number of benzene rings is 10. The summed E-state index contributed by atoms with van der Waals surface area (Å²) in [5.41, 5.74) is 17.3. The molecule has 0 spiro atoms. The van der Waals surface area contributed by atoms with E-state index in [0.717, 1.165) is 127 Å². The zero-order valence-electron chi connectivity index (χ0n) is 37.5. The summed E-state index contributed by atoms with van der Waals surface area (Å²) in [6.07, 6.45) is 0. The van der Waals surface area contributed by atoms with Gasteiger partial charge in [-0.25, -0.2) is 9.97 Å². The van der Waals surface area contributed by atoms with Gasteiger partial charge in [0.2, 0.25) is 5.95 Å². The molecule has 0 unspecified atom stereocenters. The fourth-order valence-electron chi connectivity index (χ4n) is 10.8. The van der Waals surface area contributed by atoms with Gasteiger partial charge in [-0.1, -0.05) is 146 Å². The van der Waals surface area contributed by atoms with Crippen LogP contribution in [0, 0.1) is 0 Å². The number of furan rings is 2. The SMILES string of the molecule is c1ccc(-c2cc(-c3ccccc3)nc(-n3c4ccccc4c4cc(-c5ccc6c(c5)c5ccccc5n6-c5cccc(-c6ccc7oc8cc9c(cc8c7c6)oc6ccccc69)c5)ccc43)n2)cc1. The highest BCUT2D eigenvalue weighted by atomic mass is 16.3. The number of rotatable bonds is 6. The minimum absolute atomic E-state index is 0.637. The molecule has 70 heavy (non-hydrogen) atoms. The first-order chi connectivity index (χ1) is 34.7. The molecule has 0 amide bonds. The van der Waals surface area contributed by atoms with E-state index in [1.807, 2.05) is 30.3 Å². The minimum Gasteiger partial charge on any atom is -0.456 e. The van der Waals surface area contributed by atoms with Crippen LogP contribution < -0.4 is 0 Å². The predicted octanol–water partition coefficient (Wildman–Crippen LogP) is 17.1. The summed E-state index contributed by atoms with van der Waals surface area (Å²) in [4.78, 5) is 10.5. The third kappa shape index (κ3) is 5.93. The van der Waals surface area contributed by atoms with E-state index in [1.165, 1.54) is 10.8 Å². The minimum atomic E-state index is 0.637. The largest absolute Gasteiger partial charge is 0.456 e. The lowest BCUT2D eigenvalue weighted by molar-refractivity contribution is 0.664. The van der Waals surface area contributed by atoms with Crippen molar-refractivity contribution in [3.8, 4) is 56.4 Å².